The molecule has 1 aliphatic heterocycles. The Morgan fingerprint density at radius 2 is 1.74 bits per heavy atom. The molecule has 0 spiro atoms. The summed E-state index contributed by atoms with van der Waals surface area (Å²) in [6, 6.07) is 4.99. The molecule has 3 aliphatic carbocycles. The quantitative estimate of drug-likeness (QED) is 0.286. The number of carbonyl (C=O) groups excluding carboxylic acids is 4. The largest absolute Gasteiger partial charge is 0.497 e. The molecule has 15 nitrogen and oxygen atoms in total. The molecular weight excluding hydrogens is 706 g/mol. The number of likely N-dealkylation sites (tertiary alicyclic amines) is 1. The zero-order chi connectivity index (χ0) is 38.7. The molecule has 0 bridgehead atoms. The Labute approximate surface area is 310 Å². The van der Waals surface area contributed by atoms with Gasteiger partial charge in [0.15, 0.2) is 0 Å². The fourth-order valence-corrected chi connectivity index (χ4v) is 8.14. The van der Waals surface area contributed by atoms with E-state index < -0.39 is 74.5 Å². The maximum atomic E-state index is 14.5. The van der Waals surface area contributed by atoms with Gasteiger partial charge in [0, 0.05) is 18.0 Å². The summed E-state index contributed by atoms with van der Waals surface area (Å²) in [5.74, 6) is -1.23. The predicted molar refractivity (Wildman–Crippen MR) is 193 cm³/mol. The summed E-state index contributed by atoms with van der Waals surface area (Å²) < 4.78 is 50.2. The fourth-order valence-electron chi connectivity index (χ4n) is 6.99. The third-order valence-electron chi connectivity index (χ3n) is 10.3. The van der Waals surface area contributed by atoms with Gasteiger partial charge in [0.1, 0.15) is 35.1 Å². The van der Waals surface area contributed by atoms with Crippen molar-refractivity contribution < 1.29 is 46.0 Å². The number of amides is 4. The van der Waals surface area contributed by atoms with Crippen molar-refractivity contribution in [2.75, 3.05) is 13.7 Å². The number of fused-ring (bicyclic) bond motifs is 1. The van der Waals surface area contributed by atoms with Crippen LogP contribution in [0.5, 0.6) is 11.6 Å². The van der Waals surface area contributed by atoms with E-state index in [4.69, 9.17) is 18.4 Å². The lowest BCUT2D eigenvalue weighted by Crippen LogP contribution is -2.60. The number of hydrogen-bond donors (Lipinski definition) is 3. The lowest BCUT2D eigenvalue weighted by molar-refractivity contribution is -0.143. The molecule has 1 aromatic carbocycles. The number of alkyl carbamates (subject to hydrolysis) is 1. The molecule has 6 rings (SSSR count). The van der Waals surface area contributed by atoms with Crippen LogP contribution in [0.25, 0.3) is 10.8 Å². The van der Waals surface area contributed by atoms with E-state index in [1.54, 1.807) is 67.8 Å². The molecule has 4 fully saturated rings. The van der Waals surface area contributed by atoms with E-state index >= 15 is 0 Å². The molecule has 4 aliphatic rings. The summed E-state index contributed by atoms with van der Waals surface area (Å²) in [6.07, 6.45) is 3.16. The Hall–Kier alpha value is -4.18. The van der Waals surface area contributed by atoms with Crippen molar-refractivity contribution in [2.24, 2.45) is 17.3 Å². The van der Waals surface area contributed by atoms with Crippen LogP contribution in [0.4, 0.5) is 4.79 Å². The van der Waals surface area contributed by atoms with Crippen molar-refractivity contribution in [1.29, 1.82) is 0 Å². The van der Waals surface area contributed by atoms with Crippen LogP contribution in [0.3, 0.4) is 0 Å². The second-order valence-corrected chi connectivity index (χ2v) is 18.4. The molecule has 2 aromatic rings. The molecule has 2 heterocycles. The highest BCUT2D eigenvalue weighted by Crippen LogP contribution is 2.57. The molecule has 3 saturated carbocycles. The Morgan fingerprint density at radius 3 is 2.34 bits per heavy atom. The fraction of sp³-hybridized carbons (Fsp3) is 0.649. The lowest BCUT2D eigenvalue weighted by Gasteiger charge is -2.36. The van der Waals surface area contributed by atoms with Crippen LogP contribution < -0.4 is 24.8 Å². The number of carbonyl (C=O) groups is 4. The van der Waals surface area contributed by atoms with Crippen molar-refractivity contribution >= 4 is 44.9 Å². The van der Waals surface area contributed by atoms with Crippen LogP contribution >= 0.6 is 0 Å². The van der Waals surface area contributed by atoms with Crippen LogP contribution in [0.1, 0.15) is 87.0 Å². The molecule has 4 amide bonds. The van der Waals surface area contributed by atoms with Crippen LogP contribution in [-0.2, 0) is 33.6 Å². The number of methoxy groups -OCH3 is 1. The highest BCUT2D eigenvalue weighted by Gasteiger charge is 2.67. The van der Waals surface area contributed by atoms with Gasteiger partial charge in [-0.05, 0) is 107 Å². The second-order valence-electron chi connectivity index (χ2n) is 17.2. The molecule has 1 aromatic heterocycles. The zero-order valence-electron chi connectivity index (χ0n) is 31.6. The molecule has 16 heteroatoms. The van der Waals surface area contributed by atoms with Gasteiger partial charge in [0.2, 0.25) is 17.7 Å². The lowest BCUT2D eigenvalue weighted by atomic mass is 9.85. The number of benzene rings is 1. The minimum Gasteiger partial charge on any atom is -0.497 e. The standard InChI is InChI=1S/C37H51N5O10S/c1-34(2,3)28(39-33(46)51-35(4,5)6)31(44)42-20-24(50-30-25-12-11-23(49-8)17-22(25)13-16-38-30)18-27(42)29(43)40-37(19-26(37)21-9-10-21)32(45)41-53(47,48)52-36(7)14-15-36/h11-13,16-17,21,24,26-28H,9-10,14-15,18-20H2,1-8H3,(H,39,46)(H,40,43)(H,41,45)/t24-,26+,27+,28-,37-/m1/s1. The molecule has 3 N–H and O–H groups in total. The van der Waals surface area contributed by atoms with Crippen molar-refractivity contribution in [1.82, 2.24) is 25.2 Å². The molecule has 53 heavy (non-hydrogen) atoms. The van der Waals surface area contributed by atoms with Crippen LogP contribution in [-0.4, -0.2) is 90.7 Å². The van der Waals surface area contributed by atoms with Crippen molar-refractivity contribution in [2.45, 2.75) is 122 Å². The maximum absolute atomic E-state index is 14.5. The van der Waals surface area contributed by atoms with Crippen LogP contribution in [0.15, 0.2) is 30.5 Å². The van der Waals surface area contributed by atoms with Gasteiger partial charge in [-0.2, -0.15) is 8.42 Å². The van der Waals surface area contributed by atoms with Crippen LogP contribution in [0, 0.1) is 17.3 Å². The molecule has 1 saturated heterocycles. The Bertz CT molecular complexity index is 1900. The number of aromatic nitrogens is 1. The molecule has 5 atom stereocenters. The van der Waals surface area contributed by atoms with Gasteiger partial charge in [-0.25, -0.2) is 18.7 Å². The van der Waals surface area contributed by atoms with Gasteiger partial charge in [-0.15, -0.1) is 0 Å². The topological polar surface area (TPSA) is 192 Å². The first-order valence-electron chi connectivity index (χ1n) is 18.1. The van der Waals surface area contributed by atoms with E-state index in [9.17, 15) is 27.6 Å². The summed E-state index contributed by atoms with van der Waals surface area (Å²) in [6.45, 7) is 12.1. The number of nitrogens with one attached hydrogen (secondary N) is 3. The van der Waals surface area contributed by atoms with E-state index in [0.717, 1.165) is 18.2 Å². The van der Waals surface area contributed by atoms with E-state index in [-0.39, 0.29) is 31.2 Å². The highest BCUT2D eigenvalue weighted by molar-refractivity contribution is 7.85. The summed E-state index contributed by atoms with van der Waals surface area (Å²) >= 11 is 0. The minimum absolute atomic E-state index is 0.0284. The molecular formula is C37H51N5O10S. The maximum Gasteiger partial charge on any atom is 0.408 e. The Balaban J connectivity index is 1.28. The van der Waals surface area contributed by atoms with Gasteiger partial charge in [-0.3, -0.25) is 14.4 Å². The van der Waals surface area contributed by atoms with Gasteiger partial charge in [0.25, 0.3) is 5.91 Å². The Morgan fingerprint density at radius 1 is 1.04 bits per heavy atom. The van der Waals surface area contributed by atoms with Crippen LogP contribution in [0.2, 0.25) is 0 Å². The highest BCUT2D eigenvalue weighted by atomic mass is 32.2. The van der Waals surface area contributed by atoms with Crippen molar-refractivity contribution in [3.63, 3.8) is 0 Å². The molecule has 0 unspecified atom stereocenters. The smallest absolute Gasteiger partial charge is 0.408 e. The number of pyridine rings is 1. The first-order chi connectivity index (χ1) is 24.6. The van der Waals surface area contributed by atoms with Gasteiger partial charge >= 0.3 is 16.4 Å². The normalized spacial score (nSPS) is 25.6. The average molecular weight is 758 g/mol. The number of hydrogen-bond acceptors (Lipinski definition) is 11. The molecule has 0 radical (unpaired) electrons. The van der Waals surface area contributed by atoms with E-state index in [1.165, 1.54) is 4.90 Å². The summed E-state index contributed by atoms with van der Waals surface area (Å²) in [7, 11) is -2.88. The second kappa shape index (κ2) is 13.6. The number of nitrogens with zero attached hydrogens (tertiary/aromatic N) is 2. The third-order valence-corrected chi connectivity index (χ3v) is 11.3. The summed E-state index contributed by atoms with van der Waals surface area (Å²) in [5.41, 5.74) is -4.00. The zero-order valence-corrected chi connectivity index (χ0v) is 32.4. The summed E-state index contributed by atoms with van der Waals surface area (Å²) in [5, 5.41) is 7.10. The average Bonchev–Trinajstić information content (AvgIpc) is 3.98. The van der Waals surface area contributed by atoms with Gasteiger partial charge in [0.05, 0.1) is 19.3 Å². The molecule has 290 valence electrons. The van der Waals surface area contributed by atoms with E-state index in [2.05, 4.69) is 20.3 Å². The SMILES string of the molecule is COc1ccc2c(O[C@@H]3C[C@@H](C(=O)N[C@]4(C(=O)NS(=O)(=O)OC5(C)CC5)C[C@H]4C4CC4)N(C(=O)[C@@H](NC(=O)OC(C)(C)C)C(C)(C)C)C3)nccc2c1. The van der Waals surface area contributed by atoms with Gasteiger partial charge in [-0.1, -0.05) is 20.8 Å². The number of rotatable bonds is 12. The summed E-state index contributed by atoms with van der Waals surface area (Å²) in [4.78, 5) is 61.5. The Kier molecular flexibility index (Phi) is 9.88. The minimum atomic E-state index is -4.45. The first-order valence-corrected chi connectivity index (χ1v) is 19.5. The monoisotopic (exact) mass is 757 g/mol. The third kappa shape index (κ3) is 8.80. The van der Waals surface area contributed by atoms with Crippen molar-refractivity contribution in [3.8, 4) is 11.6 Å². The first kappa shape index (κ1) is 38.5. The predicted octanol–water partition coefficient (Wildman–Crippen LogP) is 3.75. The number of ether oxygens (including phenoxy) is 3. The van der Waals surface area contributed by atoms with E-state index in [1.807, 2.05) is 18.2 Å². The van der Waals surface area contributed by atoms with E-state index in [0.29, 0.717) is 29.9 Å². The van der Waals surface area contributed by atoms with Crippen molar-refractivity contribution in [3.05, 3.63) is 30.5 Å². The van der Waals surface area contributed by atoms with Gasteiger partial charge < -0.3 is 29.7 Å².